The molecule has 2 aromatic rings. The fourth-order valence-corrected chi connectivity index (χ4v) is 3.54. The first kappa shape index (κ1) is 14.5. The summed E-state index contributed by atoms with van der Waals surface area (Å²) in [7, 11) is 2.05. The van der Waals surface area contributed by atoms with Crippen LogP contribution < -0.4 is 5.32 Å². The van der Waals surface area contributed by atoms with Crippen LogP contribution >= 0.6 is 0 Å². The van der Waals surface area contributed by atoms with Crippen molar-refractivity contribution in [2.45, 2.75) is 45.4 Å². The third-order valence-corrected chi connectivity index (χ3v) is 4.77. The van der Waals surface area contributed by atoms with Gasteiger partial charge in [-0.1, -0.05) is 18.2 Å². The van der Waals surface area contributed by atoms with Crippen LogP contribution in [0.3, 0.4) is 0 Å². The molecule has 3 atom stereocenters. The van der Waals surface area contributed by atoms with E-state index in [0.29, 0.717) is 18.1 Å². The topological polar surface area (TPSA) is 39.1 Å². The smallest absolute Gasteiger partial charge is 0.0719 e. The van der Waals surface area contributed by atoms with Crippen LogP contribution in [0, 0.1) is 5.92 Å². The van der Waals surface area contributed by atoms with Gasteiger partial charge in [0.2, 0.25) is 0 Å². The number of aryl methyl sites for hydroxylation is 1. The molecule has 0 radical (unpaired) electrons. The van der Waals surface area contributed by atoms with Gasteiger partial charge in [0.05, 0.1) is 17.3 Å². The standard InChI is InChI=1S/C17H25N3O/c1-4-20-17-8-6-5-7-14(17)16(19-20)11-15(18-3)13-9-10-21-12(13)2/h5-8,12-13,15,18H,4,9-11H2,1-3H3. The molecule has 0 spiro atoms. The first-order valence-electron chi connectivity index (χ1n) is 7.98. The molecule has 0 amide bonds. The van der Waals surface area contributed by atoms with E-state index in [1.165, 1.54) is 16.6 Å². The van der Waals surface area contributed by atoms with E-state index in [4.69, 9.17) is 9.84 Å². The Morgan fingerprint density at radius 3 is 2.90 bits per heavy atom. The van der Waals surface area contributed by atoms with Crippen molar-refractivity contribution in [3.63, 3.8) is 0 Å². The van der Waals surface area contributed by atoms with E-state index in [2.05, 4.69) is 55.2 Å². The van der Waals surface area contributed by atoms with Crippen LogP contribution in [0.1, 0.15) is 26.0 Å². The molecule has 3 unspecified atom stereocenters. The highest BCUT2D eigenvalue weighted by atomic mass is 16.5. The summed E-state index contributed by atoms with van der Waals surface area (Å²) in [5.74, 6) is 0.570. The zero-order chi connectivity index (χ0) is 14.8. The highest BCUT2D eigenvalue weighted by Gasteiger charge is 2.31. The Kier molecular flexibility index (Phi) is 4.27. The lowest BCUT2D eigenvalue weighted by molar-refractivity contribution is 0.0962. The molecule has 1 fully saturated rings. The van der Waals surface area contributed by atoms with E-state index in [1.807, 2.05) is 0 Å². The van der Waals surface area contributed by atoms with E-state index in [1.54, 1.807) is 0 Å². The number of hydrogen-bond acceptors (Lipinski definition) is 3. The predicted molar refractivity (Wildman–Crippen MR) is 85.5 cm³/mol. The maximum Gasteiger partial charge on any atom is 0.0719 e. The Bertz CT molecular complexity index is 607. The van der Waals surface area contributed by atoms with Crippen molar-refractivity contribution in [1.82, 2.24) is 15.1 Å². The van der Waals surface area contributed by atoms with Gasteiger partial charge >= 0.3 is 0 Å². The molecule has 1 saturated heterocycles. The maximum atomic E-state index is 5.73. The van der Waals surface area contributed by atoms with Gasteiger partial charge in [0.25, 0.3) is 0 Å². The third-order valence-electron chi connectivity index (χ3n) is 4.77. The average Bonchev–Trinajstić information content (AvgIpc) is 3.09. The lowest BCUT2D eigenvalue weighted by Gasteiger charge is -2.24. The van der Waals surface area contributed by atoms with E-state index in [0.717, 1.165) is 26.0 Å². The number of hydrogen-bond donors (Lipinski definition) is 1. The molecule has 0 saturated carbocycles. The lowest BCUT2D eigenvalue weighted by Crippen LogP contribution is -2.39. The van der Waals surface area contributed by atoms with Crippen LogP contribution in [-0.2, 0) is 17.7 Å². The number of likely N-dealkylation sites (N-methyl/N-ethyl adjacent to an activating group) is 1. The summed E-state index contributed by atoms with van der Waals surface area (Å²) >= 11 is 0. The molecule has 1 N–H and O–H groups in total. The first-order valence-corrected chi connectivity index (χ1v) is 7.98. The average molecular weight is 287 g/mol. The van der Waals surface area contributed by atoms with Gasteiger partial charge in [-0.15, -0.1) is 0 Å². The van der Waals surface area contributed by atoms with Crippen molar-refractivity contribution in [3.8, 4) is 0 Å². The molecule has 0 aliphatic carbocycles. The molecular weight excluding hydrogens is 262 g/mol. The highest BCUT2D eigenvalue weighted by molar-refractivity contribution is 5.82. The number of para-hydroxylation sites is 1. The van der Waals surface area contributed by atoms with Gasteiger partial charge in [0.1, 0.15) is 0 Å². The lowest BCUT2D eigenvalue weighted by atomic mass is 9.90. The Morgan fingerprint density at radius 1 is 1.43 bits per heavy atom. The summed E-state index contributed by atoms with van der Waals surface area (Å²) in [6.45, 7) is 6.12. The van der Waals surface area contributed by atoms with Crippen molar-refractivity contribution in [2.24, 2.45) is 5.92 Å². The van der Waals surface area contributed by atoms with Gasteiger partial charge < -0.3 is 10.1 Å². The van der Waals surface area contributed by atoms with Crippen LogP contribution in [0.15, 0.2) is 24.3 Å². The van der Waals surface area contributed by atoms with E-state index >= 15 is 0 Å². The second kappa shape index (κ2) is 6.16. The van der Waals surface area contributed by atoms with Crippen LogP contribution in [0.4, 0.5) is 0 Å². The van der Waals surface area contributed by atoms with Crippen molar-refractivity contribution in [1.29, 1.82) is 0 Å². The zero-order valence-electron chi connectivity index (χ0n) is 13.2. The van der Waals surface area contributed by atoms with Crippen LogP contribution in [0.25, 0.3) is 10.9 Å². The van der Waals surface area contributed by atoms with Crippen LogP contribution in [0.5, 0.6) is 0 Å². The molecule has 4 heteroatoms. The minimum atomic E-state index is 0.335. The minimum absolute atomic E-state index is 0.335. The fourth-order valence-electron chi connectivity index (χ4n) is 3.54. The maximum absolute atomic E-state index is 5.73. The Hall–Kier alpha value is -1.39. The van der Waals surface area contributed by atoms with E-state index in [-0.39, 0.29) is 0 Å². The fraction of sp³-hybridized carbons (Fsp3) is 0.588. The summed E-state index contributed by atoms with van der Waals surface area (Å²) in [4.78, 5) is 0. The number of nitrogens with zero attached hydrogens (tertiary/aromatic N) is 2. The Balaban J connectivity index is 1.89. The van der Waals surface area contributed by atoms with Gasteiger partial charge in [-0.05, 0) is 33.4 Å². The molecule has 1 aliphatic rings. The van der Waals surface area contributed by atoms with E-state index < -0.39 is 0 Å². The summed E-state index contributed by atoms with van der Waals surface area (Å²) in [6, 6.07) is 8.95. The molecular formula is C17H25N3O. The van der Waals surface area contributed by atoms with Gasteiger partial charge in [-0.25, -0.2) is 0 Å². The molecule has 3 rings (SSSR count). The normalized spacial score (nSPS) is 23.8. The molecule has 21 heavy (non-hydrogen) atoms. The number of rotatable bonds is 5. The predicted octanol–water partition coefficient (Wildman–Crippen LogP) is 2.61. The van der Waals surface area contributed by atoms with Crippen molar-refractivity contribution < 1.29 is 4.74 Å². The SMILES string of the molecule is CCn1nc(CC(NC)C2CCOC2C)c2ccccc21. The summed E-state index contributed by atoms with van der Waals surface area (Å²) in [5.41, 5.74) is 2.44. The summed E-state index contributed by atoms with van der Waals surface area (Å²) < 4.78 is 7.84. The van der Waals surface area contributed by atoms with Crippen molar-refractivity contribution in [2.75, 3.05) is 13.7 Å². The molecule has 1 aromatic heterocycles. The largest absolute Gasteiger partial charge is 0.378 e. The van der Waals surface area contributed by atoms with Gasteiger partial charge in [0, 0.05) is 36.9 Å². The second-order valence-corrected chi connectivity index (χ2v) is 5.91. The number of aromatic nitrogens is 2. The highest BCUT2D eigenvalue weighted by Crippen LogP contribution is 2.27. The number of fused-ring (bicyclic) bond motifs is 1. The molecule has 4 nitrogen and oxygen atoms in total. The second-order valence-electron chi connectivity index (χ2n) is 5.91. The van der Waals surface area contributed by atoms with Gasteiger partial charge in [-0.3, -0.25) is 4.68 Å². The Morgan fingerprint density at radius 2 is 2.24 bits per heavy atom. The summed E-state index contributed by atoms with van der Waals surface area (Å²) in [6.07, 6.45) is 2.43. The Labute approximate surface area is 126 Å². The molecule has 0 bridgehead atoms. The zero-order valence-corrected chi connectivity index (χ0v) is 13.2. The van der Waals surface area contributed by atoms with E-state index in [9.17, 15) is 0 Å². The first-order chi connectivity index (χ1) is 10.2. The van der Waals surface area contributed by atoms with Crippen LogP contribution in [0.2, 0.25) is 0 Å². The monoisotopic (exact) mass is 287 g/mol. The third kappa shape index (κ3) is 2.70. The summed E-state index contributed by atoms with van der Waals surface area (Å²) in [5, 5.41) is 9.60. The van der Waals surface area contributed by atoms with Crippen molar-refractivity contribution in [3.05, 3.63) is 30.0 Å². The van der Waals surface area contributed by atoms with Crippen LogP contribution in [-0.4, -0.2) is 35.6 Å². The van der Waals surface area contributed by atoms with Crippen molar-refractivity contribution >= 4 is 10.9 Å². The molecule has 1 aromatic carbocycles. The number of nitrogens with one attached hydrogen (secondary N) is 1. The number of benzene rings is 1. The molecule has 114 valence electrons. The molecule has 2 heterocycles. The quantitative estimate of drug-likeness (QED) is 0.919. The van der Waals surface area contributed by atoms with Gasteiger partial charge in [-0.2, -0.15) is 5.10 Å². The molecule has 1 aliphatic heterocycles. The van der Waals surface area contributed by atoms with Gasteiger partial charge in [0.15, 0.2) is 0 Å². The minimum Gasteiger partial charge on any atom is -0.378 e. The number of ether oxygens (including phenoxy) is 1.